The van der Waals surface area contributed by atoms with Gasteiger partial charge in [-0.15, -0.1) is 0 Å². The van der Waals surface area contributed by atoms with E-state index in [0.717, 1.165) is 25.7 Å². The molecular weight excluding hydrogens is 439 g/mol. The molecule has 1 saturated carbocycles. The van der Waals surface area contributed by atoms with Gasteiger partial charge in [-0.1, -0.05) is 55.7 Å². The molecule has 1 fully saturated rings. The summed E-state index contributed by atoms with van der Waals surface area (Å²) in [6.45, 7) is 1.66. The highest BCUT2D eigenvalue weighted by Gasteiger charge is 2.38. The maximum absolute atomic E-state index is 12.2. The Morgan fingerprint density at radius 3 is 2.24 bits per heavy atom. The molecule has 0 radical (unpaired) electrons. The van der Waals surface area contributed by atoms with E-state index < -0.39 is 18.2 Å². The maximum Gasteiger partial charge on any atom is 0.490 e. The molecule has 10 heteroatoms. The van der Waals surface area contributed by atoms with E-state index in [1.807, 2.05) is 18.2 Å². The van der Waals surface area contributed by atoms with Crippen molar-refractivity contribution in [2.24, 2.45) is 5.73 Å². The van der Waals surface area contributed by atoms with Crippen molar-refractivity contribution in [2.75, 3.05) is 0 Å². The lowest BCUT2D eigenvalue weighted by atomic mass is 9.95. The Morgan fingerprint density at radius 2 is 1.73 bits per heavy atom. The Bertz CT molecular complexity index is 777. The van der Waals surface area contributed by atoms with Gasteiger partial charge < -0.3 is 21.5 Å². The highest BCUT2D eigenvalue weighted by molar-refractivity contribution is 5.88. The molecule has 1 aliphatic rings. The van der Waals surface area contributed by atoms with Crippen molar-refractivity contribution in [1.29, 1.82) is 0 Å². The normalized spacial score (nSPS) is 16.3. The molecule has 2 atom stereocenters. The Kier molecular flexibility index (Phi) is 12.2. The molecule has 0 unspecified atom stereocenters. The predicted molar refractivity (Wildman–Crippen MR) is 118 cm³/mol. The minimum atomic E-state index is -5.08. The Morgan fingerprint density at radius 1 is 1.15 bits per heavy atom. The summed E-state index contributed by atoms with van der Waals surface area (Å²) in [6.07, 6.45) is 5.50. The molecule has 0 aromatic heterocycles. The molecule has 0 bridgehead atoms. The van der Waals surface area contributed by atoms with Gasteiger partial charge in [0.25, 0.3) is 0 Å². The van der Waals surface area contributed by atoms with Crippen molar-refractivity contribution >= 4 is 17.8 Å². The standard InChI is InChI=1S/C21H31N3O2.C2HF3O2/c1-16(22)21(26)24-19(13-12-17-8-4-2-5-9-17)14-15-20(25)23-18-10-6-3-7-11-18;3-2(4,5)1(6)7/h2,4-5,8-9,14-16,18-19H,3,6-7,10-13,22H2,1H3,(H,23,25)(H,24,26);(H,6,7)/b15-14+;/t16-,19-;/m0./s1. The fourth-order valence-electron chi connectivity index (χ4n) is 3.20. The van der Waals surface area contributed by atoms with Crippen LogP contribution >= 0.6 is 0 Å². The largest absolute Gasteiger partial charge is 0.490 e. The van der Waals surface area contributed by atoms with Crippen LogP contribution in [0, 0.1) is 0 Å². The zero-order valence-electron chi connectivity index (χ0n) is 18.6. The molecule has 1 aliphatic carbocycles. The van der Waals surface area contributed by atoms with Gasteiger partial charge in [-0.25, -0.2) is 4.79 Å². The van der Waals surface area contributed by atoms with E-state index in [1.165, 1.54) is 24.8 Å². The van der Waals surface area contributed by atoms with Crippen LogP contribution in [0.25, 0.3) is 0 Å². The van der Waals surface area contributed by atoms with E-state index >= 15 is 0 Å². The van der Waals surface area contributed by atoms with Crippen molar-refractivity contribution in [3.05, 3.63) is 48.0 Å². The van der Waals surface area contributed by atoms with E-state index in [0.29, 0.717) is 0 Å². The number of aliphatic carboxylic acids is 1. The average molecular weight is 472 g/mol. The minimum absolute atomic E-state index is 0.0864. The highest BCUT2D eigenvalue weighted by atomic mass is 19.4. The zero-order valence-corrected chi connectivity index (χ0v) is 18.6. The van der Waals surface area contributed by atoms with Crippen molar-refractivity contribution in [3.8, 4) is 0 Å². The molecular formula is C23H32F3N3O4. The molecule has 0 heterocycles. The van der Waals surface area contributed by atoms with Crippen molar-refractivity contribution in [3.63, 3.8) is 0 Å². The van der Waals surface area contributed by atoms with Crippen molar-refractivity contribution in [2.45, 2.75) is 76.2 Å². The molecule has 0 saturated heterocycles. The maximum atomic E-state index is 12.2. The van der Waals surface area contributed by atoms with Gasteiger partial charge in [-0.2, -0.15) is 13.2 Å². The highest BCUT2D eigenvalue weighted by Crippen LogP contribution is 2.17. The van der Waals surface area contributed by atoms with E-state index in [4.69, 9.17) is 15.6 Å². The lowest BCUT2D eigenvalue weighted by Crippen LogP contribution is -2.43. The summed E-state index contributed by atoms with van der Waals surface area (Å²) in [7, 11) is 0. The number of halogens is 3. The van der Waals surface area contributed by atoms with Crippen LogP contribution in [0.15, 0.2) is 42.5 Å². The number of amides is 2. The van der Waals surface area contributed by atoms with Crippen LogP contribution in [0.3, 0.4) is 0 Å². The van der Waals surface area contributed by atoms with Crippen LogP contribution in [0.1, 0.15) is 51.0 Å². The third-order valence-corrected chi connectivity index (χ3v) is 5.00. The second-order valence-electron chi connectivity index (χ2n) is 7.93. The number of hydrogen-bond acceptors (Lipinski definition) is 4. The quantitative estimate of drug-likeness (QED) is 0.434. The van der Waals surface area contributed by atoms with Gasteiger partial charge in [-0.3, -0.25) is 9.59 Å². The number of alkyl halides is 3. The molecule has 1 aromatic rings. The molecule has 2 amide bonds. The van der Waals surface area contributed by atoms with Crippen LogP contribution < -0.4 is 16.4 Å². The minimum Gasteiger partial charge on any atom is -0.475 e. The number of carbonyl (C=O) groups excluding carboxylic acids is 2. The summed E-state index contributed by atoms with van der Waals surface area (Å²) < 4.78 is 31.7. The van der Waals surface area contributed by atoms with E-state index in [9.17, 15) is 22.8 Å². The fourth-order valence-corrected chi connectivity index (χ4v) is 3.20. The summed E-state index contributed by atoms with van der Waals surface area (Å²) in [6, 6.07) is 9.59. The lowest BCUT2D eigenvalue weighted by Gasteiger charge is -2.22. The number of carbonyl (C=O) groups is 3. The van der Waals surface area contributed by atoms with E-state index in [-0.39, 0.29) is 23.9 Å². The number of hydrogen-bond donors (Lipinski definition) is 4. The molecule has 33 heavy (non-hydrogen) atoms. The number of nitrogens with one attached hydrogen (secondary N) is 2. The van der Waals surface area contributed by atoms with Gasteiger partial charge in [0, 0.05) is 18.2 Å². The van der Waals surface area contributed by atoms with Crippen LogP contribution in [-0.4, -0.2) is 47.2 Å². The first-order valence-corrected chi connectivity index (χ1v) is 10.9. The van der Waals surface area contributed by atoms with Gasteiger partial charge in [0.15, 0.2) is 0 Å². The summed E-state index contributed by atoms with van der Waals surface area (Å²) in [4.78, 5) is 33.0. The number of nitrogens with two attached hydrogens (primary N) is 1. The van der Waals surface area contributed by atoms with Gasteiger partial charge in [-0.05, 0) is 38.2 Å². The molecule has 1 aromatic carbocycles. The number of carboxylic acid groups (broad SMARTS) is 1. The van der Waals surface area contributed by atoms with Gasteiger partial charge in [0.1, 0.15) is 0 Å². The predicted octanol–water partition coefficient (Wildman–Crippen LogP) is 3.09. The summed E-state index contributed by atoms with van der Waals surface area (Å²) >= 11 is 0. The monoisotopic (exact) mass is 471 g/mol. The zero-order chi connectivity index (χ0) is 24.9. The first-order chi connectivity index (χ1) is 15.5. The summed E-state index contributed by atoms with van der Waals surface area (Å²) in [5.41, 5.74) is 6.86. The van der Waals surface area contributed by atoms with E-state index in [2.05, 4.69) is 22.8 Å². The van der Waals surface area contributed by atoms with Crippen LogP contribution in [0.4, 0.5) is 13.2 Å². The Balaban J connectivity index is 0.000000675. The third-order valence-electron chi connectivity index (χ3n) is 5.00. The molecule has 0 aliphatic heterocycles. The van der Waals surface area contributed by atoms with Gasteiger partial charge >= 0.3 is 12.1 Å². The first kappa shape index (κ1) is 28.2. The molecule has 2 rings (SSSR count). The topological polar surface area (TPSA) is 122 Å². The Hall–Kier alpha value is -2.88. The number of rotatable bonds is 8. The summed E-state index contributed by atoms with van der Waals surface area (Å²) in [5, 5.41) is 13.1. The third kappa shape index (κ3) is 12.7. The van der Waals surface area contributed by atoms with E-state index in [1.54, 1.807) is 19.1 Å². The molecule has 184 valence electrons. The van der Waals surface area contributed by atoms with Crippen molar-refractivity contribution < 1.29 is 32.7 Å². The van der Waals surface area contributed by atoms with Crippen LogP contribution in [0.5, 0.6) is 0 Å². The average Bonchev–Trinajstić information content (AvgIpc) is 2.76. The molecule has 5 N–H and O–H groups in total. The molecule has 7 nitrogen and oxygen atoms in total. The first-order valence-electron chi connectivity index (χ1n) is 10.9. The van der Waals surface area contributed by atoms with Crippen molar-refractivity contribution in [1.82, 2.24) is 10.6 Å². The van der Waals surface area contributed by atoms with Gasteiger partial charge in [0.05, 0.1) is 6.04 Å². The molecule has 0 spiro atoms. The van der Waals surface area contributed by atoms with Crippen LogP contribution in [0.2, 0.25) is 0 Å². The smallest absolute Gasteiger partial charge is 0.475 e. The lowest BCUT2D eigenvalue weighted by molar-refractivity contribution is -0.192. The summed E-state index contributed by atoms with van der Waals surface area (Å²) in [5.74, 6) is -3.05. The second-order valence-corrected chi connectivity index (χ2v) is 7.93. The second kappa shape index (κ2) is 14.3. The SMILES string of the molecule is C[C@H](N)C(=O)N[C@H](/C=C/C(=O)NC1CCCCC1)CCc1ccccc1.O=C(O)C(F)(F)F. The fraction of sp³-hybridized carbons (Fsp3) is 0.522. The number of carboxylic acids is 1. The Labute approximate surface area is 191 Å². The number of aryl methyl sites for hydroxylation is 1. The van der Waals surface area contributed by atoms with Gasteiger partial charge in [0.2, 0.25) is 11.8 Å². The van der Waals surface area contributed by atoms with Crippen LogP contribution in [-0.2, 0) is 20.8 Å². The number of benzene rings is 1.